The average Bonchev–Trinajstić information content (AvgIpc) is 2.84. The van der Waals surface area contributed by atoms with Gasteiger partial charge in [0.25, 0.3) is 0 Å². The molecule has 0 saturated carbocycles. The first-order valence-corrected chi connectivity index (χ1v) is 10.1. The third-order valence-electron chi connectivity index (χ3n) is 5.43. The van der Waals surface area contributed by atoms with Gasteiger partial charge in [0.15, 0.2) is 11.0 Å². The predicted octanol–water partition coefficient (Wildman–Crippen LogP) is 3.05. The normalized spacial score (nSPS) is 23.3. The van der Waals surface area contributed by atoms with Crippen molar-refractivity contribution in [3.05, 3.63) is 58.9 Å². The fourth-order valence-corrected chi connectivity index (χ4v) is 4.88. The number of rotatable bonds is 3. The van der Waals surface area contributed by atoms with Crippen molar-refractivity contribution in [2.45, 2.75) is 25.3 Å². The van der Waals surface area contributed by atoms with E-state index in [-0.39, 0.29) is 12.2 Å². The lowest BCUT2D eigenvalue weighted by atomic mass is 9.78. The van der Waals surface area contributed by atoms with Crippen molar-refractivity contribution in [3.8, 4) is 11.8 Å². The fourth-order valence-electron chi connectivity index (χ4n) is 3.77. The van der Waals surface area contributed by atoms with Gasteiger partial charge in [-0.15, -0.1) is 0 Å². The predicted molar refractivity (Wildman–Crippen MR) is 108 cm³/mol. The van der Waals surface area contributed by atoms with E-state index in [1.165, 1.54) is 6.20 Å². The summed E-state index contributed by atoms with van der Waals surface area (Å²) in [4.78, 5) is 21.5. The summed E-state index contributed by atoms with van der Waals surface area (Å²) in [7, 11) is 0. The molecular weight excluding hydrogens is 372 g/mol. The molecule has 1 aromatic carbocycles. The van der Waals surface area contributed by atoms with Gasteiger partial charge in [0, 0.05) is 29.9 Å². The van der Waals surface area contributed by atoms with Gasteiger partial charge in [-0.25, -0.2) is 0 Å². The summed E-state index contributed by atoms with van der Waals surface area (Å²) in [6.07, 6.45) is 2.56. The van der Waals surface area contributed by atoms with E-state index in [0.717, 1.165) is 29.1 Å². The number of nitriles is 1. The molecule has 3 heterocycles. The van der Waals surface area contributed by atoms with Crippen LogP contribution in [0.1, 0.15) is 40.5 Å². The van der Waals surface area contributed by atoms with Gasteiger partial charge in [-0.05, 0) is 43.2 Å². The number of benzene rings is 1. The zero-order valence-electron chi connectivity index (χ0n) is 15.5. The van der Waals surface area contributed by atoms with E-state index in [1.54, 1.807) is 23.9 Å². The number of hydrogen-bond donors (Lipinski definition) is 1. The van der Waals surface area contributed by atoms with Crippen LogP contribution >= 0.6 is 11.8 Å². The molecule has 6 nitrogen and oxygen atoms in total. The number of carbonyl (C=O) groups is 1. The molecule has 2 aliphatic heterocycles. The number of nitrogens with zero attached hydrogens (tertiary/aromatic N) is 3. The van der Waals surface area contributed by atoms with Gasteiger partial charge in [-0.2, -0.15) is 5.26 Å². The van der Waals surface area contributed by atoms with Crippen LogP contribution in [0.3, 0.4) is 0 Å². The lowest BCUT2D eigenvalue weighted by molar-refractivity contribution is 0.0988. The van der Waals surface area contributed by atoms with E-state index >= 15 is 0 Å². The van der Waals surface area contributed by atoms with E-state index in [1.807, 2.05) is 24.3 Å². The second kappa shape index (κ2) is 7.28. The van der Waals surface area contributed by atoms with Crippen LogP contribution in [-0.2, 0) is 12.0 Å². The molecule has 1 aromatic heterocycles. The Hall–Kier alpha value is -2.85. The highest BCUT2D eigenvalue weighted by molar-refractivity contribution is 8.13. The highest BCUT2D eigenvalue weighted by Crippen LogP contribution is 2.47. The largest absolute Gasteiger partial charge is 0.493 e. The van der Waals surface area contributed by atoms with E-state index in [4.69, 9.17) is 20.7 Å². The maximum absolute atomic E-state index is 12.6. The third kappa shape index (κ3) is 3.36. The molecule has 142 valence electrons. The Labute approximate surface area is 167 Å². The molecule has 0 bridgehead atoms. The number of carbonyl (C=O) groups excluding carboxylic acids is 1. The number of hydrogen-bond acceptors (Lipinski definition) is 7. The Bertz CT molecular complexity index is 996. The average molecular weight is 392 g/mol. The molecule has 0 fully saturated rings. The summed E-state index contributed by atoms with van der Waals surface area (Å²) >= 11 is 1.59. The van der Waals surface area contributed by atoms with Crippen molar-refractivity contribution in [3.63, 3.8) is 0 Å². The van der Waals surface area contributed by atoms with Gasteiger partial charge < -0.3 is 10.5 Å². The summed E-state index contributed by atoms with van der Waals surface area (Å²) in [5.74, 6) is 1.95. The molecule has 0 unspecified atom stereocenters. The second-order valence-corrected chi connectivity index (χ2v) is 8.26. The molecule has 0 aliphatic carbocycles. The summed E-state index contributed by atoms with van der Waals surface area (Å²) in [6, 6.07) is 11.1. The smallest absolute Gasteiger partial charge is 0.185 e. The molecule has 0 radical (unpaired) electrons. The van der Waals surface area contributed by atoms with E-state index in [9.17, 15) is 4.79 Å². The SMILES string of the molecule is C[C@]12N=C(N)SC[C@H]1CCOc1ccc(CC(=O)c3ccc(C#N)cn3)cc12. The minimum atomic E-state index is -0.451. The minimum absolute atomic E-state index is 0.0945. The number of amidine groups is 1. The lowest BCUT2D eigenvalue weighted by Crippen LogP contribution is -2.37. The molecule has 2 aromatic rings. The first kappa shape index (κ1) is 18.5. The molecule has 2 atom stereocenters. The number of thioether (sulfide) groups is 1. The molecule has 7 heteroatoms. The van der Waals surface area contributed by atoms with Gasteiger partial charge in [0.05, 0.1) is 17.7 Å². The highest BCUT2D eigenvalue weighted by Gasteiger charge is 2.42. The van der Waals surface area contributed by atoms with Crippen LogP contribution in [0.2, 0.25) is 0 Å². The van der Waals surface area contributed by atoms with Crippen molar-refractivity contribution in [2.75, 3.05) is 12.4 Å². The van der Waals surface area contributed by atoms with Crippen LogP contribution in [0.15, 0.2) is 41.5 Å². The number of aliphatic imine (C=N–C) groups is 1. The van der Waals surface area contributed by atoms with Crippen LogP contribution in [0, 0.1) is 17.2 Å². The number of aromatic nitrogens is 1. The summed E-state index contributed by atoms with van der Waals surface area (Å²) in [6.45, 7) is 2.75. The Morgan fingerprint density at radius 1 is 1.43 bits per heavy atom. The molecule has 0 spiro atoms. The van der Waals surface area contributed by atoms with Crippen molar-refractivity contribution in [1.29, 1.82) is 5.26 Å². The number of ketones is 1. The summed E-state index contributed by atoms with van der Waals surface area (Å²) in [5, 5.41) is 9.46. The van der Waals surface area contributed by atoms with Gasteiger partial charge in [0.1, 0.15) is 17.5 Å². The maximum atomic E-state index is 12.6. The first-order valence-electron chi connectivity index (χ1n) is 9.13. The van der Waals surface area contributed by atoms with Crippen molar-refractivity contribution < 1.29 is 9.53 Å². The van der Waals surface area contributed by atoms with E-state index in [0.29, 0.717) is 28.9 Å². The standard InChI is InChI=1S/C21H20N4O2S/c1-21-15(12-28-20(23)25-21)6-7-27-19-5-3-13(8-16(19)21)9-18(26)17-4-2-14(10-22)11-24-17/h2-5,8,11,15H,6-7,9,12H2,1H3,(H2,23,25)/t15-,21+/m1/s1. The summed E-state index contributed by atoms with van der Waals surface area (Å²) < 4.78 is 5.96. The topological polar surface area (TPSA) is 101 Å². The summed E-state index contributed by atoms with van der Waals surface area (Å²) in [5.41, 5.74) is 8.24. The molecule has 2 N–H and O–H groups in total. The number of ether oxygens (including phenoxy) is 1. The number of fused-ring (bicyclic) bond motifs is 3. The highest BCUT2D eigenvalue weighted by atomic mass is 32.2. The lowest BCUT2D eigenvalue weighted by Gasteiger charge is -2.36. The Morgan fingerprint density at radius 3 is 3.04 bits per heavy atom. The molecular formula is C21H20N4O2S. The molecule has 2 aliphatic rings. The zero-order chi connectivity index (χ0) is 19.7. The van der Waals surface area contributed by atoms with Crippen molar-refractivity contribution in [2.24, 2.45) is 16.6 Å². The second-order valence-electron chi connectivity index (χ2n) is 7.22. The minimum Gasteiger partial charge on any atom is -0.493 e. The fraction of sp³-hybridized carbons (Fsp3) is 0.333. The van der Waals surface area contributed by atoms with Crippen LogP contribution < -0.4 is 10.5 Å². The monoisotopic (exact) mass is 392 g/mol. The molecule has 4 rings (SSSR count). The van der Waals surface area contributed by atoms with Crippen molar-refractivity contribution >= 4 is 22.7 Å². The first-order chi connectivity index (χ1) is 13.5. The third-order valence-corrected chi connectivity index (χ3v) is 6.38. The number of pyridine rings is 1. The zero-order valence-corrected chi connectivity index (χ0v) is 16.3. The Kier molecular flexibility index (Phi) is 4.82. The van der Waals surface area contributed by atoms with Gasteiger partial charge >= 0.3 is 0 Å². The van der Waals surface area contributed by atoms with E-state index in [2.05, 4.69) is 11.9 Å². The van der Waals surface area contributed by atoms with Crippen LogP contribution in [0.5, 0.6) is 5.75 Å². The molecule has 0 amide bonds. The number of nitrogens with two attached hydrogens (primary N) is 1. The van der Waals surface area contributed by atoms with Crippen molar-refractivity contribution in [1.82, 2.24) is 4.98 Å². The quantitative estimate of drug-likeness (QED) is 0.806. The van der Waals surface area contributed by atoms with Crippen LogP contribution in [-0.4, -0.2) is 28.3 Å². The van der Waals surface area contributed by atoms with E-state index < -0.39 is 5.54 Å². The van der Waals surface area contributed by atoms with Crippen LogP contribution in [0.25, 0.3) is 0 Å². The molecule has 28 heavy (non-hydrogen) atoms. The Morgan fingerprint density at radius 2 is 2.29 bits per heavy atom. The van der Waals surface area contributed by atoms with Gasteiger partial charge in [-0.3, -0.25) is 14.8 Å². The molecule has 0 saturated heterocycles. The maximum Gasteiger partial charge on any atom is 0.185 e. The van der Waals surface area contributed by atoms with Crippen LogP contribution in [0.4, 0.5) is 0 Å². The number of Topliss-reactive ketones (excluding diaryl/α,β-unsaturated/α-hetero) is 1. The van der Waals surface area contributed by atoms with Gasteiger partial charge in [0.2, 0.25) is 0 Å². The Balaban J connectivity index is 1.66. The van der Waals surface area contributed by atoms with Gasteiger partial charge in [-0.1, -0.05) is 17.8 Å².